The molecule has 0 spiro atoms. The van der Waals surface area contributed by atoms with E-state index >= 15 is 0 Å². The van der Waals surface area contributed by atoms with Gasteiger partial charge in [0.1, 0.15) is 5.82 Å². The molecular weight excluding hydrogens is 257 g/mol. The van der Waals surface area contributed by atoms with Gasteiger partial charge in [0.25, 0.3) is 0 Å². The van der Waals surface area contributed by atoms with Crippen molar-refractivity contribution in [3.63, 3.8) is 0 Å². The number of amides is 2. The van der Waals surface area contributed by atoms with Crippen molar-refractivity contribution >= 4 is 17.4 Å². The fourth-order valence-corrected chi connectivity index (χ4v) is 1.80. The second-order valence-corrected chi connectivity index (χ2v) is 4.51. The van der Waals surface area contributed by atoms with Crippen LogP contribution in [0.5, 0.6) is 0 Å². The molecule has 0 fully saturated rings. The summed E-state index contributed by atoms with van der Waals surface area (Å²) in [7, 11) is 0. The van der Waals surface area contributed by atoms with Crippen LogP contribution in [0.3, 0.4) is 0 Å². The highest BCUT2D eigenvalue weighted by atomic mass is 19.1. The van der Waals surface area contributed by atoms with Gasteiger partial charge in [-0.15, -0.1) is 0 Å². The molecule has 0 unspecified atom stereocenters. The van der Waals surface area contributed by atoms with Crippen LogP contribution in [0.2, 0.25) is 0 Å². The maximum Gasteiger partial charge on any atom is 0.316 e. The predicted molar refractivity (Wildman–Crippen MR) is 78.1 cm³/mol. The van der Waals surface area contributed by atoms with Crippen molar-refractivity contribution in [1.82, 2.24) is 0 Å². The molecule has 0 aliphatic carbocycles. The van der Waals surface area contributed by atoms with E-state index in [1.165, 1.54) is 6.07 Å². The van der Waals surface area contributed by atoms with Gasteiger partial charge in [-0.3, -0.25) is 0 Å². The maximum atomic E-state index is 13.4. The van der Waals surface area contributed by atoms with E-state index in [9.17, 15) is 9.18 Å². The van der Waals surface area contributed by atoms with Crippen molar-refractivity contribution < 1.29 is 9.18 Å². The SMILES string of the molecule is Cc1ccc(CNc2cccc(NC(N)=O)c2)cc1F. The third-order valence-corrected chi connectivity index (χ3v) is 2.86. The Labute approximate surface area is 116 Å². The van der Waals surface area contributed by atoms with Gasteiger partial charge in [-0.25, -0.2) is 9.18 Å². The van der Waals surface area contributed by atoms with Crippen molar-refractivity contribution in [3.8, 4) is 0 Å². The summed E-state index contributed by atoms with van der Waals surface area (Å²) in [6.07, 6.45) is 0. The predicted octanol–water partition coefficient (Wildman–Crippen LogP) is 3.24. The van der Waals surface area contributed by atoms with Gasteiger partial charge in [0.2, 0.25) is 0 Å². The first-order valence-electron chi connectivity index (χ1n) is 6.20. The Bertz CT molecular complexity index is 628. The van der Waals surface area contributed by atoms with Gasteiger partial charge in [-0.05, 0) is 42.3 Å². The lowest BCUT2D eigenvalue weighted by molar-refractivity contribution is 0.259. The molecule has 4 N–H and O–H groups in total. The fourth-order valence-electron chi connectivity index (χ4n) is 1.80. The Morgan fingerprint density at radius 1 is 1.20 bits per heavy atom. The number of nitrogens with one attached hydrogen (secondary N) is 2. The van der Waals surface area contributed by atoms with Crippen molar-refractivity contribution in [2.75, 3.05) is 10.6 Å². The monoisotopic (exact) mass is 273 g/mol. The summed E-state index contributed by atoms with van der Waals surface area (Å²) in [5, 5.41) is 5.66. The molecule has 0 heterocycles. The molecular formula is C15H16FN3O. The van der Waals surface area contributed by atoms with Gasteiger partial charge >= 0.3 is 6.03 Å². The number of halogens is 1. The Morgan fingerprint density at radius 2 is 1.95 bits per heavy atom. The summed E-state index contributed by atoms with van der Waals surface area (Å²) in [5.41, 5.74) is 7.96. The van der Waals surface area contributed by atoms with Crippen LogP contribution in [-0.2, 0) is 6.54 Å². The van der Waals surface area contributed by atoms with Crippen LogP contribution in [-0.4, -0.2) is 6.03 Å². The zero-order valence-corrected chi connectivity index (χ0v) is 11.1. The molecule has 2 amide bonds. The molecule has 2 rings (SSSR count). The molecule has 0 atom stereocenters. The molecule has 0 aliphatic rings. The largest absolute Gasteiger partial charge is 0.381 e. The standard InChI is InChI=1S/C15H16FN3O/c1-10-5-6-11(7-14(10)16)9-18-12-3-2-4-13(8-12)19-15(17)20/h2-8,18H,9H2,1H3,(H3,17,19,20). The number of nitrogens with two attached hydrogens (primary N) is 1. The number of carbonyl (C=O) groups is 1. The Morgan fingerprint density at radius 3 is 2.65 bits per heavy atom. The summed E-state index contributed by atoms with van der Waals surface area (Å²) in [4.78, 5) is 10.8. The topological polar surface area (TPSA) is 67.2 Å². The normalized spacial score (nSPS) is 10.1. The molecule has 0 radical (unpaired) electrons. The maximum absolute atomic E-state index is 13.4. The fraction of sp³-hybridized carbons (Fsp3) is 0.133. The highest BCUT2D eigenvalue weighted by molar-refractivity contribution is 5.88. The first kappa shape index (κ1) is 13.9. The summed E-state index contributed by atoms with van der Waals surface area (Å²) in [5.74, 6) is -0.214. The quantitative estimate of drug-likeness (QED) is 0.800. The number of carbonyl (C=O) groups excluding carboxylic acids is 1. The van der Waals surface area contributed by atoms with Crippen LogP contribution >= 0.6 is 0 Å². The molecule has 2 aromatic carbocycles. The molecule has 0 bridgehead atoms. The van der Waals surface area contributed by atoms with E-state index in [4.69, 9.17) is 5.73 Å². The van der Waals surface area contributed by atoms with Gasteiger partial charge < -0.3 is 16.4 Å². The van der Waals surface area contributed by atoms with Crippen LogP contribution in [0.1, 0.15) is 11.1 Å². The van der Waals surface area contributed by atoms with Gasteiger partial charge in [0, 0.05) is 17.9 Å². The van der Waals surface area contributed by atoms with Crippen molar-refractivity contribution in [1.29, 1.82) is 0 Å². The third-order valence-electron chi connectivity index (χ3n) is 2.86. The minimum Gasteiger partial charge on any atom is -0.381 e. The number of rotatable bonds is 4. The van der Waals surface area contributed by atoms with Gasteiger partial charge in [0.05, 0.1) is 0 Å². The minimum absolute atomic E-state index is 0.214. The van der Waals surface area contributed by atoms with E-state index < -0.39 is 6.03 Å². The van der Waals surface area contributed by atoms with E-state index in [1.54, 1.807) is 31.2 Å². The van der Waals surface area contributed by atoms with Gasteiger partial charge in [-0.2, -0.15) is 0 Å². The summed E-state index contributed by atoms with van der Waals surface area (Å²) in [6.45, 7) is 2.22. The summed E-state index contributed by atoms with van der Waals surface area (Å²) in [6, 6.07) is 11.7. The zero-order chi connectivity index (χ0) is 14.5. The average Bonchev–Trinajstić information content (AvgIpc) is 2.40. The second-order valence-electron chi connectivity index (χ2n) is 4.51. The number of anilines is 2. The first-order valence-corrected chi connectivity index (χ1v) is 6.20. The smallest absolute Gasteiger partial charge is 0.316 e. The van der Waals surface area contributed by atoms with Crippen LogP contribution in [0.15, 0.2) is 42.5 Å². The van der Waals surface area contributed by atoms with Crippen LogP contribution < -0.4 is 16.4 Å². The highest BCUT2D eigenvalue weighted by Gasteiger charge is 2.01. The first-order chi connectivity index (χ1) is 9.54. The summed E-state index contributed by atoms with van der Waals surface area (Å²) >= 11 is 0. The Hall–Kier alpha value is -2.56. The Balaban J connectivity index is 2.03. The van der Waals surface area contributed by atoms with Crippen LogP contribution in [0, 0.1) is 12.7 Å². The molecule has 5 heteroatoms. The number of primary amides is 1. The van der Waals surface area contributed by atoms with Crippen molar-refractivity contribution in [2.45, 2.75) is 13.5 Å². The third kappa shape index (κ3) is 3.71. The van der Waals surface area contributed by atoms with E-state index in [1.807, 2.05) is 12.1 Å². The molecule has 0 saturated carbocycles. The second kappa shape index (κ2) is 6.06. The number of urea groups is 1. The summed E-state index contributed by atoms with van der Waals surface area (Å²) < 4.78 is 13.4. The van der Waals surface area contributed by atoms with Gasteiger partial charge in [-0.1, -0.05) is 18.2 Å². The van der Waals surface area contributed by atoms with E-state index in [0.29, 0.717) is 17.8 Å². The molecule has 2 aromatic rings. The van der Waals surface area contributed by atoms with E-state index in [0.717, 1.165) is 11.3 Å². The number of hydrogen-bond acceptors (Lipinski definition) is 2. The Kier molecular flexibility index (Phi) is 4.20. The number of benzene rings is 2. The van der Waals surface area contributed by atoms with Crippen LogP contribution in [0.25, 0.3) is 0 Å². The molecule has 0 aromatic heterocycles. The van der Waals surface area contributed by atoms with Crippen LogP contribution in [0.4, 0.5) is 20.6 Å². The lowest BCUT2D eigenvalue weighted by atomic mass is 10.1. The highest BCUT2D eigenvalue weighted by Crippen LogP contribution is 2.16. The van der Waals surface area contributed by atoms with E-state index in [2.05, 4.69) is 10.6 Å². The molecule has 20 heavy (non-hydrogen) atoms. The lowest BCUT2D eigenvalue weighted by Gasteiger charge is -2.09. The van der Waals surface area contributed by atoms with E-state index in [-0.39, 0.29) is 5.82 Å². The van der Waals surface area contributed by atoms with Crippen molar-refractivity contribution in [2.24, 2.45) is 5.73 Å². The zero-order valence-electron chi connectivity index (χ0n) is 11.1. The van der Waals surface area contributed by atoms with Gasteiger partial charge in [0.15, 0.2) is 0 Å². The minimum atomic E-state index is -0.609. The lowest BCUT2D eigenvalue weighted by Crippen LogP contribution is -2.19. The van der Waals surface area contributed by atoms with Crippen molar-refractivity contribution in [3.05, 3.63) is 59.4 Å². The molecule has 4 nitrogen and oxygen atoms in total. The average molecular weight is 273 g/mol. The number of aryl methyl sites for hydroxylation is 1. The molecule has 0 aliphatic heterocycles. The molecule has 104 valence electrons. The molecule has 0 saturated heterocycles. The number of hydrogen-bond donors (Lipinski definition) is 3.